The maximum Gasteiger partial charge on any atom is 0.0732 e. The van der Waals surface area contributed by atoms with Crippen LogP contribution in [0, 0.1) is 23.2 Å². The molecule has 0 spiro atoms. The van der Waals surface area contributed by atoms with Crippen molar-refractivity contribution in [3.8, 4) is 0 Å². The van der Waals surface area contributed by atoms with Crippen LogP contribution in [-0.4, -0.2) is 45.6 Å². The van der Waals surface area contributed by atoms with E-state index < -0.39 is 8.07 Å². The predicted molar refractivity (Wildman–Crippen MR) is 130 cm³/mol. The van der Waals surface area contributed by atoms with Crippen LogP contribution < -0.4 is 10.6 Å². The summed E-state index contributed by atoms with van der Waals surface area (Å²) in [4.78, 5) is 0. The van der Waals surface area contributed by atoms with E-state index in [1.165, 1.54) is 39.0 Å². The molecule has 3 aliphatic rings. The summed E-state index contributed by atoms with van der Waals surface area (Å²) < 4.78 is 0. The molecule has 2 aliphatic heterocycles. The first-order valence-corrected chi connectivity index (χ1v) is 15.8. The van der Waals surface area contributed by atoms with Gasteiger partial charge >= 0.3 is 0 Å². The fourth-order valence-corrected chi connectivity index (χ4v) is 9.14. The number of hydrogen-bond acceptors (Lipinski definition) is 2. The van der Waals surface area contributed by atoms with Crippen molar-refractivity contribution in [2.45, 2.75) is 58.4 Å². The molecule has 0 aromatic heterocycles. The zero-order valence-corrected chi connectivity index (χ0v) is 21.7. The summed E-state index contributed by atoms with van der Waals surface area (Å²) in [6, 6.07) is 0. The average molecular weight is 425 g/mol. The highest BCUT2D eigenvalue weighted by Crippen LogP contribution is 2.58. The average Bonchev–Trinajstić information content (AvgIpc) is 3.32. The first-order valence-electron chi connectivity index (χ1n) is 10.9. The van der Waals surface area contributed by atoms with Crippen LogP contribution in [0.25, 0.3) is 0 Å². The highest BCUT2D eigenvalue weighted by atomic mass is 31.0. The highest BCUT2D eigenvalue weighted by molar-refractivity contribution is 7.19. The molecule has 0 saturated carbocycles. The molecule has 27 heavy (non-hydrogen) atoms. The normalized spacial score (nSPS) is 32.1. The van der Waals surface area contributed by atoms with E-state index in [1.54, 1.807) is 16.3 Å². The van der Waals surface area contributed by atoms with Gasteiger partial charge in [-0.25, -0.2) is 0 Å². The van der Waals surface area contributed by atoms with E-state index in [1.807, 2.05) is 0 Å². The van der Waals surface area contributed by atoms with Gasteiger partial charge in [-0.2, -0.15) is 0 Å². The predicted octanol–water partition coefficient (Wildman–Crippen LogP) is 4.47. The molecule has 0 amide bonds. The van der Waals surface area contributed by atoms with Gasteiger partial charge in [0.1, 0.15) is 0 Å². The van der Waals surface area contributed by atoms with Gasteiger partial charge < -0.3 is 10.6 Å². The standard InChI is InChI=1S/C22H42N2P2Si/c1-21(2,3)20-18(27(4,5)6)11-15(14-25)19(20)22(26,16-7-9-23-12-16)17-8-10-24-13-17/h11,16-17,20,23-24H,7-10,12-14,25-26H2,1-6H3. The molecule has 0 radical (unpaired) electrons. The fourth-order valence-electron chi connectivity index (χ4n) is 5.83. The fraction of sp³-hybridized carbons (Fsp3) is 0.818. The summed E-state index contributed by atoms with van der Waals surface area (Å²) in [6.45, 7) is 19.8. The van der Waals surface area contributed by atoms with E-state index in [-0.39, 0.29) is 10.6 Å². The smallest absolute Gasteiger partial charge is 0.0732 e. The molecule has 2 fully saturated rings. The largest absolute Gasteiger partial charge is 0.316 e. The van der Waals surface area contributed by atoms with Crippen LogP contribution >= 0.6 is 18.5 Å². The van der Waals surface area contributed by atoms with Crippen molar-refractivity contribution in [2.24, 2.45) is 23.2 Å². The van der Waals surface area contributed by atoms with Crippen molar-refractivity contribution in [1.29, 1.82) is 0 Å². The number of hydrogen-bond donors (Lipinski definition) is 2. The van der Waals surface area contributed by atoms with E-state index in [2.05, 4.69) is 75.6 Å². The summed E-state index contributed by atoms with van der Waals surface area (Å²) in [5.41, 5.74) is 3.68. The summed E-state index contributed by atoms with van der Waals surface area (Å²) in [5.74, 6) is 2.06. The molecule has 2 nitrogen and oxygen atoms in total. The Hall–Kier alpha value is 0.477. The van der Waals surface area contributed by atoms with Gasteiger partial charge in [0.2, 0.25) is 0 Å². The first kappa shape index (κ1) is 22.2. The number of allylic oxidation sites excluding steroid dienone is 4. The minimum atomic E-state index is -1.39. The second-order valence-electron chi connectivity index (χ2n) is 11.1. The molecular formula is C22H42N2P2Si. The monoisotopic (exact) mass is 424 g/mol. The minimum Gasteiger partial charge on any atom is -0.316 e. The Morgan fingerprint density at radius 3 is 1.89 bits per heavy atom. The molecule has 2 saturated heterocycles. The van der Waals surface area contributed by atoms with Crippen molar-refractivity contribution in [2.75, 3.05) is 32.3 Å². The number of rotatable bonds is 5. The lowest BCUT2D eigenvalue weighted by molar-refractivity contribution is 0.260. The van der Waals surface area contributed by atoms with Gasteiger partial charge in [-0.3, -0.25) is 0 Å². The Morgan fingerprint density at radius 2 is 1.56 bits per heavy atom. The van der Waals surface area contributed by atoms with Crippen LogP contribution in [0.15, 0.2) is 22.4 Å². The Morgan fingerprint density at radius 1 is 1.04 bits per heavy atom. The summed E-state index contributed by atoms with van der Waals surface area (Å²) in [6.07, 6.45) is 6.36. The van der Waals surface area contributed by atoms with Crippen molar-refractivity contribution in [1.82, 2.24) is 10.6 Å². The van der Waals surface area contributed by atoms with Crippen LogP contribution in [0.4, 0.5) is 0 Å². The lowest BCUT2D eigenvalue weighted by Crippen LogP contribution is -2.48. The van der Waals surface area contributed by atoms with E-state index in [4.69, 9.17) is 0 Å². The third-order valence-corrected chi connectivity index (χ3v) is 11.0. The van der Waals surface area contributed by atoms with Crippen molar-refractivity contribution < 1.29 is 0 Å². The third kappa shape index (κ3) is 4.06. The van der Waals surface area contributed by atoms with Gasteiger partial charge in [0.25, 0.3) is 0 Å². The minimum absolute atomic E-state index is 0.217. The molecular weight excluding hydrogens is 382 g/mol. The van der Waals surface area contributed by atoms with Crippen LogP contribution in [0.1, 0.15) is 33.6 Å². The quantitative estimate of drug-likeness (QED) is 0.503. The Kier molecular flexibility index (Phi) is 6.53. The van der Waals surface area contributed by atoms with Gasteiger partial charge in [0.05, 0.1) is 8.07 Å². The molecule has 0 aromatic carbocycles. The van der Waals surface area contributed by atoms with Gasteiger partial charge in [0, 0.05) is 11.1 Å². The highest BCUT2D eigenvalue weighted by Gasteiger charge is 2.53. The van der Waals surface area contributed by atoms with Crippen molar-refractivity contribution in [3.63, 3.8) is 0 Å². The zero-order chi connectivity index (χ0) is 20.0. The molecule has 5 heteroatoms. The molecule has 1 aliphatic carbocycles. The second-order valence-corrected chi connectivity index (χ2v) is 17.5. The maximum atomic E-state index is 3.68. The Balaban J connectivity index is 2.16. The summed E-state index contributed by atoms with van der Waals surface area (Å²) in [5, 5.41) is 9.37. The molecule has 3 rings (SSSR count). The van der Waals surface area contributed by atoms with Crippen molar-refractivity contribution >= 4 is 26.6 Å². The SMILES string of the molecule is CC(C)(C)C1C([Si](C)(C)C)=CC(CP)=C1C(P)(C1CCNC1)C1CCNC1. The molecule has 2 N–H and O–H groups in total. The maximum absolute atomic E-state index is 3.68. The van der Waals surface area contributed by atoms with Gasteiger partial charge in [0.15, 0.2) is 0 Å². The molecule has 154 valence electrons. The summed E-state index contributed by atoms with van der Waals surface area (Å²) in [7, 11) is 5.14. The van der Waals surface area contributed by atoms with Gasteiger partial charge in [-0.15, -0.1) is 18.5 Å². The lowest BCUT2D eigenvalue weighted by atomic mass is 9.65. The zero-order valence-electron chi connectivity index (χ0n) is 18.4. The van der Waals surface area contributed by atoms with Gasteiger partial charge in [-0.1, -0.05) is 51.7 Å². The van der Waals surface area contributed by atoms with E-state index in [9.17, 15) is 0 Å². The van der Waals surface area contributed by atoms with E-state index in [0.29, 0.717) is 5.92 Å². The topological polar surface area (TPSA) is 24.1 Å². The third-order valence-electron chi connectivity index (χ3n) is 7.17. The lowest BCUT2D eigenvalue weighted by Gasteiger charge is -2.49. The second kappa shape index (κ2) is 7.96. The van der Waals surface area contributed by atoms with Crippen LogP contribution in [-0.2, 0) is 0 Å². The van der Waals surface area contributed by atoms with E-state index in [0.717, 1.165) is 18.0 Å². The molecule has 2 heterocycles. The summed E-state index contributed by atoms with van der Waals surface area (Å²) >= 11 is 0. The van der Waals surface area contributed by atoms with E-state index >= 15 is 0 Å². The Labute approximate surface area is 173 Å². The molecule has 0 bridgehead atoms. The van der Waals surface area contributed by atoms with Crippen molar-refractivity contribution in [3.05, 3.63) is 22.4 Å². The Bertz CT molecular complexity index is 599. The van der Waals surface area contributed by atoms with Gasteiger partial charge in [-0.05, 0) is 73.6 Å². The molecule has 5 atom stereocenters. The van der Waals surface area contributed by atoms with Crippen LogP contribution in [0.3, 0.4) is 0 Å². The van der Waals surface area contributed by atoms with Crippen LogP contribution in [0.2, 0.25) is 19.6 Å². The number of nitrogens with one attached hydrogen (secondary N) is 2. The van der Waals surface area contributed by atoms with Crippen LogP contribution in [0.5, 0.6) is 0 Å². The molecule has 5 unspecified atom stereocenters. The first-order chi connectivity index (χ1) is 12.5. The molecule has 0 aromatic rings.